The first-order valence-corrected chi connectivity index (χ1v) is 12.3. The summed E-state index contributed by atoms with van der Waals surface area (Å²) in [6, 6.07) is 29.1. The molecule has 2 heterocycles. The fraction of sp³-hybridized carbons (Fsp3) is 0.290. The van der Waals surface area contributed by atoms with Gasteiger partial charge in [0.2, 0.25) is 5.69 Å². The molecule has 0 aliphatic heterocycles. The first-order valence-electron chi connectivity index (χ1n) is 12.3. The Morgan fingerprint density at radius 1 is 0.667 bits per heavy atom. The number of benzene rings is 2. The second-order valence-corrected chi connectivity index (χ2v) is 9.54. The summed E-state index contributed by atoms with van der Waals surface area (Å²) in [4.78, 5) is 0. The molecule has 0 amide bonds. The molecule has 0 radical (unpaired) electrons. The molecule has 1 aliphatic rings. The molecule has 166 valence electrons. The highest BCUT2D eigenvalue weighted by molar-refractivity contribution is 5.68. The Morgan fingerprint density at radius 3 is 2.15 bits per heavy atom. The summed E-state index contributed by atoms with van der Waals surface area (Å²) in [5.74, 6) is 0.750. The van der Waals surface area contributed by atoms with E-state index in [-0.39, 0.29) is 0 Å². The molecule has 0 N–H and O–H groups in total. The second kappa shape index (κ2) is 9.31. The Labute approximate surface area is 198 Å². The van der Waals surface area contributed by atoms with E-state index in [4.69, 9.17) is 0 Å². The molecule has 0 atom stereocenters. The minimum absolute atomic E-state index is 0.750. The maximum atomic E-state index is 2.36. The molecule has 1 aliphatic carbocycles. The molecule has 0 unspecified atom stereocenters. The van der Waals surface area contributed by atoms with Crippen molar-refractivity contribution in [2.24, 2.45) is 14.1 Å². The molecule has 2 aromatic heterocycles. The molecule has 1 saturated carbocycles. The number of aryl methyl sites for hydroxylation is 2. The van der Waals surface area contributed by atoms with Crippen LogP contribution in [0.5, 0.6) is 0 Å². The van der Waals surface area contributed by atoms with Crippen molar-refractivity contribution in [2.45, 2.75) is 44.9 Å². The standard InChI is InChI=1S/C31H34N2/c1-23-10-7-8-13-28(23)29-14-9-15-30(33(29)3)31-22-27(20-21-32(31)2)26-18-16-25(17-19-26)24-11-5-4-6-12-24/h7-10,13-22,24H,4-6,11-12H2,1-3H3/q+2. The van der Waals surface area contributed by atoms with Gasteiger partial charge < -0.3 is 0 Å². The normalized spacial score (nSPS) is 14.4. The Bertz CT molecular complexity index is 1260. The highest BCUT2D eigenvalue weighted by atomic mass is 15.0. The number of aromatic nitrogens is 2. The van der Waals surface area contributed by atoms with Gasteiger partial charge >= 0.3 is 0 Å². The van der Waals surface area contributed by atoms with E-state index < -0.39 is 0 Å². The number of hydrogen-bond donors (Lipinski definition) is 0. The lowest BCUT2D eigenvalue weighted by molar-refractivity contribution is -0.685. The van der Waals surface area contributed by atoms with Gasteiger partial charge in [0.1, 0.15) is 14.1 Å². The minimum atomic E-state index is 0.750. The van der Waals surface area contributed by atoms with E-state index in [1.165, 1.54) is 77.0 Å². The first-order chi connectivity index (χ1) is 16.1. The molecule has 33 heavy (non-hydrogen) atoms. The van der Waals surface area contributed by atoms with E-state index in [9.17, 15) is 0 Å². The van der Waals surface area contributed by atoms with E-state index in [1.54, 1.807) is 0 Å². The molecule has 2 nitrogen and oxygen atoms in total. The van der Waals surface area contributed by atoms with Gasteiger partial charge in [-0.3, -0.25) is 0 Å². The van der Waals surface area contributed by atoms with Gasteiger partial charge in [0.05, 0.1) is 0 Å². The van der Waals surface area contributed by atoms with Crippen LogP contribution < -0.4 is 9.13 Å². The topological polar surface area (TPSA) is 7.76 Å². The average molecular weight is 435 g/mol. The molecular weight excluding hydrogens is 400 g/mol. The zero-order valence-corrected chi connectivity index (χ0v) is 20.1. The third-order valence-electron chi connectivity index (χ3n) is 7.38. The zero-order valence-electron chi connectivity index (χ0n) is 20.1. The van der Waals surface area contributed by atoms with Crippen LogP contribution in [0.3, 0.4) is 0 Å². The van der Waals surface area contributed by atoms with Gasteiger partial charge in [-0.25, -0.2) is 0 Å². The summed E-state index contributed by atoms with van der Waals surface area (Å²) in [6.07, 6.45) is 9.03. The van der Waals surface area contributed by atoms with Gasteiger partial charge in [-0.15, -0.1) is 0 Å². The monoisotopic (exact) mass is 434 g/mol. The Kier molecular flexibility index (Phi) is 6.09. The summed E-state index contributed by atoms with van der Waals surface area (Å²) < 4.78 is 4.53. The molecule has 0 bridgehead atoms. The van der Waals surface area contributed by atoms with Crippen LogP contribution >= 0.6 is 0 Å². The van der Waals surface area contributed by atoms with Crippen molar-refractivity contribution in [3.63, 3.8) is 0 Å². The van der Waals surface area contributed by atoms with Gasteiger partial charge in [0.25, 0.3) is 11.4 Å². The van der Waals surface area contributed by atoms with Crippen LogP contribution in [-0.2, 0) is 14.1 Å². The number of hydrogen-bond acceptors (Lipinski definition) is 0. The molecule has 0 spiro atoms. The van der Waals surface area contributed by atoms with Crippen LogP contribution in [0, 0.1) is 6.92 Å². The Hall–Kier alpha value is -3.26. The SMILES string of the molecule is Cc1ccccc1-c1cccc(-c2cc(-c3ccc(C4CCCCC4)cc3)cc[n+]2C)[n+]1C. The van der Waals surface area contributed by atoms with Crippen molar-refractivity contribution in [3.8, 4) is 33.8 Å². The van der Waals surface area contributed by atoms with E-state index in [2.05, 4.69) is 115 Å². The predicted octanol–water partition coefficient (Wildman–Crippen LogP) is 6.69. The predicted molar refractivity (Wildman–Crippen MR) is 136 cm³/mol. The van der Waals surface area contributed by atoms with Crippen molar-refractivity contribution >= 4 is 0 Å². The van der Waals surface area contributed by atoms with Crippen LogP contribution in [0.25, 0.3) is 33.8 Å². The molecule has 5 rings (SSSR count). The fourth-order valence-corrected chi connectivity index (χ4v) is 5.36. The molecule has 2 aromatic carbocycles. The van der Waals surface area contributed by atoms with E-state index >= 15 is 0 Å². The quantitative estimate of drug-likeness (QED) is 0.316. The van der Waals surface area contributed by atoms with Gasteiger partial charge in [-0.2, -0.15) is 9.13 Å². The maximum Gasteiger partial charge on any atom is 0.277 e. The summed E-state index contributed by atoms with van der Waals surface area (Å²) in [5.41, 5.74) is 10.3. The van der Waals surface area contributed by atoms with Crippen molar-refractivity contribution in [1.82, 2.24) is 0 Å². The van der Waals surface area contributed by atoms with Crippen molar-refractivity contribution < 1.29 is 9.13 Å². The van der Waals surface area contributed by atoms with Crippen molar-refractivity contribution in [3.05, 3.63) is 96.2 Å². The largest absolute Gasteiger partial charge is 0.277 e. The summed E-state index contributed by atoms with van der Waals surface area (Å²) in [6.45, 7) is 2.18. The lowest BCUT2D eigenvalue weighted by Crippen LogP contribution is -2.40. The molecule has 4 aromatic rings. The van der Waals surface area contributed by atoms with Crippen LogP contribution in [0.15, 0.2) is 85.1 Å². The van der Waals surface area contributed by atoms with E-state index in [0.717, 1.165) is 5.92 Å². The van der Waals surface area contributed by atoms with Crippen LogP contribution in [-0.4, -0.2) is 0 Å². The van der Waals surface area contributed by atoms with Crippen LogP contribution in [0.1, 0.15) is 49.1 Å². The minimum Gasteiger partial charge on any atom is -0.196 e. The third kappa shape index (κ3) is 4.35. The van der Waals surface area contributed by atoms with Gasteiger partial charge in [0, 0.05) is 29.8 Å². The average Bonchev–Trinajstić information content (AvgIpc) is 2.86. The smallest absolute Gasteiger partial charge is 0.196 e. The van der Waals surface area contributed by atoms with Gasteiger partial charge in [-0.05, 0) is 60.1 Å². The van der Waals surface area contributed by atoms with Gasteiger partial charge in [0.15, 0.2) is 6.20 Å². The van der Waals surface area contributed by atoms with Crippen LogP contribution in [0.2, 0.25) is 0 Å². The number of nitrogens with zero attached hydrogens (tertiary/aromatic N) is 2. The first kappa shape index (κ1) is 21.6. The highest BCUT2D eigenvalue weighted by Gasteiger charge is 2.24. The maximum absolute atomic E-state index is 2.36. The summed E-state index contributed by atoms with van der Waals surface area (Å²) >= 11 is 0. The van der Waals surface area contributed by atoms with E-state index in [0.29, 0.717) is 0 Å². The number of rotatable bonds is 4. The molecular formula is C31H34N2+2. The molecule has 2 heteroatoms. The fourth-order valence-electron chi connectivity index (χ4n) is 5.36. The lowest BCUT2D eigenvalue weighted by atomic mass is 9.84. The Balaban J connectivity index is 1.51. The number of pyridine rings is 2. The van der Waals surface area contributed by atoms with Crippen molar-refractivity contribution in [1.29, 1.82) is 0 Å². The summed E-state index contributed by atoms with van der Waals surface area (Å²) in [5, 5.41) is 0. The van der Waals surface area contributed by atoms with Gasteiger partial charge in [-0.1, -0.05) is 61.7 Å². The van der Waals surface area contributed by atoms with E-state index in [1.807, 2.05) is 0 Å². The third-order valence-corrected chi connectivity index (χ3v) is 7.38. The Morgan fingerprint density at radius 2 is 1.39 bits per heavy atom. The highest BCUT2D eigenvalue weighted by Crippen LogP contribution is 2.34. The second-order valence-electron chi connectivity index (χ2n) is 9.54. The van der Waals surface area contributed by atoms with Crippen molar-refractivity contribution in [2.75, 3.05) is 0 Å². The lowest BCUT2D eigenvalue weighted by Gasteiger charge is -2.22. The summed E-state index contributed by atoms with van der Waals surface area (Å²) in [7, 11) is 4.30. The molecule has 0 saturated heterocycles. The zero-order chi connectivity index (χ0) is 22.8. The van der Waals surface area contributed by atoms with Crippen LogP contribution in [0.4, 0.5) is 0 Å². The molecule has 1 fully saturated rings.